The fraction of sp³-hybridized carbons (Fsp3) is 0.348. The lowest BCUT2D eigenvalue weighted by molar-refractivity contribution is 0.0740. The Morgan fingerprint density at radius 3 is 2.45 bits per heavy atom. The van der Waals surface area contributed by atoms with Crippen LogP contribution in [0.5, 0.6) is 5.88 Å². The summed E-state index contributed by atoms with van der Waals surface area (Å²) in [5.74, 6) is 1.74. The number of carbonyl (C=O) groups is 1. The van der Waals surface area contributed by atoms with E-state index in [-0.39, 0.29) is 5.91 Å². The second kappa shape index (κ2) is 9.51. The number of nitrogens with zero attached hydrogens (tertiary/aromatic N) is 6. The molecule has 1 aliphatic heterocycles. The molecule has 160 valence electrons. The molecule has 8 heteroatoms. The zero-order valence-electron chi connectivity index (χ0n) is 17.8. The molecule has 0 N–H and O–H groups in total. The first-order chi connectivity index (χ1) is 15.1. The molecular formula is C23H26N6O2. The molecule has 1 saturated heterocycles. The minimum absolute atomic E-state index is 0.0807. The van der Waals surface area contributed by atoms with Gasteiger partial charge < -0.3 is 14.5 Å². The lowest BCUT2D eigenvalue weighted by Gasteiger charge is -2.35. The summed E-state index contributed by atoms with van der Waals surface area (Å²) in [5, 5.41) is 0. The summed E-state index contributed by atoms with van der Waals surface area (Å²) in [6, 6.07) is 13.4. The maximum atomic E-state index is 13.0. The minimum Gasteiger partial charge on any atom is -0.477 e. The molecule has 1 aromatic carbocycles. The third-order valence-electron chi connectivity index (χ3n) is 5.04. The van der Waals surface area contributed by atoms with Crippen molar-refractivity contribution in [1.29, 1.82) is 0 Å². The molecule has 0 radical (unpaired) electrons. The van der Waals surface area contributed by atoms with Gasteiger partial charge in [-0.25, -0.2) is 19.9 Å². The highest BCUT2D eigenvalue weighted by Gasteiger charge is 2.24. The van der Waals surface area contributed by atoms with Crippen LogP contribution in [0.3, 0.4) is 0 Å². The number of piperazine rings is 1. The highest BCUT2D eigenvalue weighted by molar-refractivity contribution is 5.93. The first-order valence-electron chi connectivity index (χ1n) is 10.5. The van der Waals surface area contributed by atoms with E-state index >= 15 is 0 Å². The molecule has 4 rings (SSSR count). The second-order valence-corrected chi connectivity index (χ2v) is 7.85. The molecule has 2 aromatic heterocycles. The van der Waals surface area contributed by atoms with Crippen LogP contribution >= 0.6 is 0 Å². The Balaban J connectivity index is 1.39. The summed E-state index contributed by atoms with van der Waals surface area (Å²) in [6.07, 6.45) is 2.97. The van der Waals surface area contributed by atoms with Gasteiger partial charge in [-0.2, -0.15) is 0 Å². The molecule has 1 amide bonds. The van der Waals surface area contributed by atoms with Gasteiger partial charge in [-0.05, 0) is 12.0 Å². The number of anilines is 1. The van der Waals surface area contributed by atoms with Crippen molar-refractivity contribution in [2.24, 2.45) is 5.92 Å². The van der Waals surface area contributed by atoms with Crippen molar-refractivity contribution in [1.82, 2.24) is 24.8 Å². The number of ether oxygens (including phenoxy) is 1. The zero-order valence-corrected chi connectivity index (χ0v) is 17.8. The quantitative estimate of drug-likeness (QED) is 0.608. The molecule has 0 atom stereocenters. The Hall–Kier alpha value is -3.55. The zero-order chi connectivity index (χ0) is 21.6. The summed E-state index contributed by atoms with van der Waals surface area (Å²) < 4.78 is 5.71. The third-order valence-corrected chi connectivity index (χ3v) is 5.04. The average molecular weight is 419 g/mol. The van der Waals surface area contributed by atoms with Crippen molar-refractivity contribution in [2.45, 2.75) is 13.8 Å². The van der Waals surface area contributed by atoms with E-state index in [1.54, 1.807) is 6.07 Å². The fourth-order valence-corrected chi connectivity index (χ4v) is 3.38. The van der Waals surface area contributed by atoms with E-state index < -0.39 is 0 Å². The predicted octanol–water partition coefficient (Wildman–Crippen LogP) is 2.93. The maximum Gasteiger partial charge on any atom is 0.272 e. The van der Waals surface area contributed by atoms with E-state index in [1.165, 1.54) is 12.7 Å². The van der Waals surface area contributed by atoms with Crippen LogP contribution in [-0.2, 0) is 0 Å². The Morgan fingerprint density at radius 1 is 0.968 bits per heavy atom. The fourth-order valence-electron chi connectivity index (χ4n) is 3.38. The van der Waals surface area contributed by atoms with E-state index in [4.69, 9.17) is 4.74 Å². The summed E-state index contributed by atoms with van der Waals surface area (Å²) in [6.45, 7) is 7.36. The van der Waals surface area contributed by atoms with Crippen molar-refractivity contribution in [3.63, 3.8) is 0 Å². The summed E-state index contributed by atoms with van der Waals surface area (Å²) in [4.78, 5) is 34.0. The monoisotopic (exact) mass is 418 g/mol. The molecule has 0 aliphatic carbocycles. The molecule has 0 spiro atoms. The summed E-state index contributed by atoms with van der Waals surface area (Å²) in [5.41, 5.74) is 2.12. The van der Waals surface area contributed by atoms with Crippen LogP contribution in [0.4, 0.5) is 5.82 Å². The van der Waals surface area contributed by atoms with E-state index in [1.807, 2.05) is 41.3 Å². The van der Waals surface area contributed by atoms with Crippen LogP contribution in [0, 0.1) is 5.92 Å². The standard InChI is InChI=1S/C23H26N6O2/c1-17(2)14-31-22-13-21(26-16-27-22)28-8-10-29(11-9-28)23(30)20-12-19(24-15-25-20)18-6-4-3-5-7-18/h3-7,12-13,15-17H,8-11,14H2,1-2H3. The molecule has 0 saturated carbocycles. The molecule has 1 fully saturated rings. The van der Waals surface area contributed by atoms with E-state index in [0.717, 1.165) is 17.1 Å². The van der Waals surface area contributed by atoms with Crippen LogP contribution in [0.2, 0.25) is 0 Å². The largest absolute Gasteiger partial charge is 0.477 e. The molecule has 0 unspecified atom stereocenters. The predicted molar refractivity (Wildman–Crippen MR) is 118 cm³/mol. The molecule has 1 aliphatic rings. The average Bonchev–Trinajstić information content (AvgIpc) is 2.83. The molecular weight excluding hydrogens is 392 g/mol. The van der Waals surface area contributed by atoms with Crippen molar-refractivity contribution >= 4 is 11.7 Å². The SMILES string of the molecule is CC(C)COc1cc(N2CCN(C(=O)c3cc(-c4ccccc4)ncn3)CC2)ncn1. The van der Waals surface area contributed by atoms with Crippen LogP contribution in [-0.4, -0.2) is 63.5 Å². The Labute approximate surface area is 181 Å². The lowest BCUT2D eigenvalue weighted by Crippen LogP contribution is -2.49. The van der Waals surface area contributed by atoms with Crippen LogP contribution in [0.25, 0.3) is 11.3 Å². The third kappa shape index (κ3) is 5.14. The number of hydrogen-bond donors (Lipinski definition) is 0. The van der Waals surface area contributed by atoms with Crippen molar-refractivity contribution in [2.75, 3.05) is 37.7 Å². The Kier molecular flexibility index (Phi) is 6.35. The second-order valence-electron chi connectivity index (χ2n) is 7.85. The lowest BCUT2D eigenvalue weighted by atomic mass is 10.1. The van der Waals surface area contributed by atoms with Gasteiger partial charge in [-0.1, -0.05) is 44.2 Å². The van der Waals surface area contributed by atoms with Crippen molar-refractivity contribution in [3.8, 4) is 17.1 Å². The van der Waals surface area contributed by atoms with E-state index in [9.17, 15) is 4.79 Å². The summed E-state index contributed by atoms with van der Waals surface area (Å²) in [7, 11) is 0. The molecule has 3 aromatic rings. The van der Waals surface area contributed by atoms with Gasteiger partial charge in [0, 0.05) is 37.8 Å². The first kappa shape index (κ1) is 20.7. The van der Waals surface area contributed by atoms with Gasteiger partial charge in [0.15, 0.2) is 0 Å². The molecule has 3 heterocycles. The minimum atomic E-state index is -0.0807. The van der Waals surface area contributed by atoms with Gasteiger partial charge in [0.2, 0.25) is 5.88 Å². The van der Waals surface area contributed by atoms with Gasteiger partial charge in [0.05, 0.1) is 12.3 Å². The first-order valence-corrected chi connectivity index (χ1v) is 10.5. The number of rotatable bonds is 6. The van der Waals surface area contributed by atoms with Crippen LogP contribution in [0.15, 0.2) is 55.1 Å². The van der Waals surface area contributed by atoms with E-state index in [0.29, 0.717) is 50.3 Å². The number of carbonyl (C=O) groups excluding carboxylic acids is 1. The Morgan fingerprint density at radius 2 is 1.71 bits per heavy atom. The maximum absolute atomic E-state index is 13.0. The highest BCUT2D eigenvalue weighted by Crippen LogP contribution is 2.20. The van der Waals surface area contributed by atoms with Crippen molar-refractivity contribution < 1.29 is 9.53 Å². The van der Waals surface area contributed by atoms with Gasteiger partial charge in [-0.15, -0.1) is 0 Å². The van der Waals surface area contributed by atoms with Gasteiger partial charge >= 0.3 is 0 Å². The van der Waals surface area contributed by atoms with Crippen LogP contribution in [0.1, 0.15) is 24.3 Å². The smallest absolute Gasteiger partial charge is 0.272 e. The molecule has 31 heavy (non-hydrogen) atoms. The molecule has 8 nitrogen and oxygen atoms in total. The number of amides is 1. The number of aromatic nitrogens is 4. The number of hydrogen-bond acceptors (Lipinski definition) is 7. The van der Waals surface area contributed by atoms with Gasteiger partial charge in [-0.3, -0.25) is 4.79 Å². The molecule has 0 bridgehead atoms. The summed E-state index contributed by atoms with van der Waals surface area (Å²) >= 11 is 0. The van der Waals surface area contributed by atoms with Gasteiger partial charge in [0.1, 0.15) is 24.2 Å². The Bertz CT molecular complexity index is 1020. The van der Waals surface area contributed by atoms with E-state index in [2.05, 4.69) is 38.7 Å². The van der Waals surface area contributed by atoms with Crippen molar-refractivity contribution in [3.05, 3.63) is 60.8 Å². The van der Waals surface area contributed by atoms with Crippen LogP contribution < -0.4 is 9.64 Å². The number of benzene rings is 1. The highest BCUT2D eigenvalue weighted by atomic mass is 16.5. The normalized spacial score (nSPS) is 14.0. The van der Waals surface area contributed by atoms with Gasteiger partial charge in [0.25, 0.3) is 5.91 Å². The topological polar surface area (TPSA) is 84.3 Å².